The van der Waals surface area contributed by atoms with Gasteiger partial charge in [-0.05, 0) is 48.1 Å². The Hall–Kier alpha value is -0.470. The lowest BCUT2D eigenvalue weighted by Gasteiger charge is -2.41. The highest BCUT2D eigenvalue weighted by Crippen LogP contribution is 2.38. The Labute approximate surface area is 128 Å². The summed E-state index contributed by atoms with van der Waals surface area (Å²) in [6.45, 7) is 8.19. The Morgan fingerprint density at radius 1 is 1.10 bits per heavy atom. The predicted octanol–water partition coefficient (Wildman–Crippen LogP) is 5.10. The summed E-state index contributed by atoms with van der Waals surface area (Å²) < 4.78 is 0. The fourth-order valence-electron chi connectivity index (χ4n) is 3.40. The van der Waals surface area contributed by atoms with Crippen LogP contribution in [0.2, 0.25) is 0 Å². The molecule has 0 radical (unpaired) electrons. The van der Waals surface area contributed by atoms with Gasteiger partial charge in [-0.3, -0.25) is 0 Å². The molecule has 2 unspecified atom stereocenters. The molecular weight excluding hydrogens is 262 g/mol. The summed E-state index contributed by atoms with van der Waals surface area (Å²) in [5.74, 6) is 0.807. The Kier molecular flexibility index (Phi) is 5.57. The van der Waals surface area contributed by atoms with Gasteiger partial charge in [0.25, 0.3) is 0 Å². The van der Waals surface area contributed by atoms with E-state index in [1.165, 1.54) is 36.1 Å². The van der Waals surface area contributed by atoms with Gasteiger partial charge in [0.1, 0.15) is 0 Å². The van der Waals surface area contributed by atoms with Crippen molar-refractivity contribution < 1.29 is 0 Å². The first-order valence-corrected chi connectivity index (χ1v) is 9.09. The van der Waals surface area contributed by atoms with Crippen molar-refractivity contribution >= 4 is 11.8 Å². The largest absolute Gasteiger partial charge is 0.310 e. The fraction of sp³-hybridized carbons (Fsp3) is 0.667. The first-order valence-electron chi connectivity index (χ1n) is 7.87. The third kappa shape index (κ3) is 4.26. The number of rotatable bonds is 4. The van der Waals surface area contributed by atoms with Gasteiger partial charge in [0, 0.05) is 17.5 Å². The zero-order valence-electron chi connectivity index (χ0n) is 13.4. The van der Waals surface area contributed by atoms with Crippen molar-refractivity contribution in [1.82, 2.24) is 5.32 Å². The lowest BCUT2D eigenvalue weighted by molar-refractivity contribution is 0.130. The number of hydrogen-bond acceptors (Lipinski definition) is 2. The van der Waals surface area contributed by atoms with Crippen LogP contribution in [-0.2, 0) is 6.54 Å². The van der Waals surface area contributed by atoms with Crippen LogP contribution < -0.4 is 5.32 Å². The Bertz CT molecular complexity index is 404. The molecule has 0 saturated heterocycles. The molecule has 1 aromatic rings. The number of hydrogen-bond donors (Lipinski definition) is 1. The second-order valence-corrected chi connectivity index (χ2v) is 7.97. The van der Waals surface area contributed by atoms with Crippen LogP contribution in [0, 0.1) is 11.3 Å². The van der Waals surface area contributed by atoms with Crippen molar-refractivity contribution in [3.63, 3.8) is 0 Å². The molecule has 1 fully saturated rings. The topological polar surface area (TPSA) is 12.0 Å². The Balaban J connectivity index is 1.93. The Morgan fingerprint density at radius 3 is 2.35 bits per heavy atom. The summed E-state index contributed by atoms with van der Waals surface area (Å²) in [4.78, 5) is 1.35. The smallest absolute Gasteiger partial charge is 0.0208 e. The first kappa shape index (κ1) is 15.9. The van der Waals surface area contributed by atoms with Gasteiger partial charge in [0.05, 0.1) is 0 Å². The molecule has 2 heteroatoms. The maximum Gasteiger partial charge on any atom is 0.0208 e. The summed E-state index contributed by atoms with van der Waals surface area (Å²) in [5, 5.41) is 3.83. The molecule has 1 aliphatic rings. The summed E-state index contributed by atoms with van der Waals surface area (Å²) >= 11 is 1.81. The molecular formula is C18H29NS. The molecule has 0 aliphatic heterocycles. The molecule has 1 aliphatic carbocycles. The quantitative estimate of drug-likeness (QED) is 0.774. The Morgan fingerprint density at radius 2 is 1.75 bits per heavy atom. The molecule has 1 nitrogen and oxygen atoms in total. The van der Waals surface area contributed by atoms with E-state index < -0.39 is 0 Å². The van der Waals surface area contributed by atoms with Gasteiger partial charge >= 0.3 is 0 Å². The maximum absolute atomic E-state index is 3.83. The molecule has 20 heavy (non-hydrogen) atoms. The third-order valence-corrected chi connectivity index (χ3v) is 5.35. The third-order valence-electron chi connectivity index (χ3n) is 4.61. The lowest BCUT2D eigenvalue weighted by atomic mass is 9.69. The monoisotopic (exact) mass is 291 g/mol. The average molecular weight is 292 g/mol. The van der Waals surface area contributed by atoms with E-state index in [0.717, 1.165) is 12.5 Å². The molecule has 2 atom stereocenters. The predicted molar refractivity (Wildman–Crippen MR) is 90.3 cm³/mol. The van der Waals surface area contributed by atoms with Gasteiger partial charge < -0.3 is 5.32 Å². The van der Waals surface area contributed by atoms with E-state index in [2.05, 4.69) is 56.6 Å². The normalized spacial score (nSPS) is 23.8. The molecule has 0 amide bonds. The molecule has 1 aromatic carbocycles. The van der Waals surface area contributed by atoms with Gasteiger partial charge in [-0.2, -0.15) is 0 Å². The highest BCUT2D eigenvalue weighted by molar-refractivity contribution is 7.98. The van der Waals surface area contributed by atoms with Crippen LogP contribution in [0.3, 0.4) is 0 Å². The van der Waals surface area contributed by atoms with Crippen LogP contribution in [0.4, 0.5) is 0 Å². The zero-order valence-corrected chi connectivity index (χ0v) is 14.2. The minimum absolute atomic E-state index is 0.417. The minimum Gasteiger partial charge on any atom is -0.310 e. The van der Waals surface area contributed by atoms with Crippen molar-refractivity contribution in [2.75, 3.05) is 6.26 Å². The number of benzene rings is 1. The van der Waals surface area contributed by atoms with Crippen LogP contribution in [0.1, 0.15) is 52.0 Å². The molecule has 0 aromatic heterocycles. The maximum atomic E-state index is 3.83. The van der Waals surface area contributed by atoms with E-state index in [1.54, 1.807) is 0 Å². The lowest BCUT2D eigenvalue weighted by Crippen LogP contribution is -2.43. The van der Waals surface area contributed by atoms with E-state index in [1.807, 2.05) is 11.8 Å². The molecule has 2 rings (SSSR count). The zero-order chi connectivity index (χ0) is 14.6. The van der Waals surface area contributed by atoms with Gasteiger partial charge in [0.2, 0.25) is 0 Å². The van der Waals surface area contributed by atoms with E-state index >= 15 is 0 Å². The van der Waals surface area contributed by atoms with E-state index in [4.69, 9.17) is 0 Å². The highest BCUT2D eigenvalue weighted by Gasteiger charge is 2.33. The van der Waals surface area contributed by atoms with Crippen LogP contribution in [0.25, 0.3) is 0 Å². The van der Waals surface area contributed by atoms with E-state index in [9.17, 15) is 0 Å². The molecule has 112 valence electrons. The van der Waals surface area contributed by atoms with Crippen molar-refractivity contribution in [3.05, 3.63) is 29.8 Å². The van der Waals surface area contributed by atoms with Crippen molar-refractivity contribution in [2.45, 2.75) is 63.9 Å². The van der Waals surface area contributed by atoms with Crippen LogP contribution >= 0.6 is 11.8 Å². The van der Waals surface area contributed by atoms with E-state index in [0.29, 0.717) is 11.5 Å². The van der Waals surface area contributed by atoms with E-state index in [-0.39, 0.29) is 0 Å². The van der Waals surface area contributed by atoms with Gasteiger partial charge in [-0.1, -0.05) is 45.7 Å². The standard InChI is InChI=1S/C18H29NS/c1-18(2,3)16-7-5-6-8-17(16)19-13-14-9-11-15(20-4)12-10-14/h9-12,16-17,19H,5-8,13H2,1-4H3. The van der Waals surface area contributed by atoms with Crippen molar-refractivity contribution in [2.24, 2.45) is 11.3 Å². The van der Waals surface area contributed by atoms with Crippen molar-refractivity contribution in [3.8, 4) is 0 Å². The van der Waals surface area contributed by atoms with Gasteiger partial charge in [-0.25, -0.2) is 0 Å². The number of nitrogens with one attached hydrogen (secondary N) is 1. The molecule has 0 bridgehead atoms. The second-order valence-electron chi connectivity index (χ2n) is 7.09. The second kappa shape index (κ2) is 7.00. The van der Waals surface area contributed by atoms with Gasteiger partial charge in [0.15, 0.2) is 0 Å². The van der Waals surface area contributed by atoms with Crippen molar-refractivity contribution in [1.29, 1.82) is 0 Å². The summed E-state index contributed by atoms with van der Waals surface area (Å²) in [6, 6.07) is 9.65. The average Bonchev–Trinajstić information content (AvgIpc) is 2.45. The first-order chi connectivity index (χ1) is 9.50. The fourth-order valence-corrected chi connectivity index (χ4v) is 3.81. The molecule has 0 heterocycles. The number of thioether (sulfide) groups is 1. The summed E-state index contributed by atoms with van der Waals surface area (Å²) in [5.41, 5.74) is 1.82. The minimum atomic E-state index is 0.417. The van der Waals surface area contributed by atoms with Crippen LogP contribution in [-0.4, -0.2) is 12.3 Å². The van der Waals surface area contributed by atoms with Crippen LogP contribution in [0.5, 0.6) is 0 Å². The molecule has 1 saturated carbocycles. The highest BCUT2D eigenvalue weighted by atomic mass is 32.2. The summed E-state index contributed by atoms with van der Waals surface area (Å²) in [6.07, 6.45) is 7.64. The van der Waals surface area contributed by atoms with Gasteiger partial charge in [-0.15, -0.1) is 11.8 Å². The SMILES string of the molecule is CSc1ccc(CNC2CCCCC2C(C)(C)C)cc1. The molecule has 1 N–H and O–H groups in total. The van der Waals surface area contributed by atoms with Crippen LogP contribution in [0.15, 0.2) is 29.2 Å². The molecule has 0 spiro atoms. The summed E-state index contributed by atoms with van der Waals surface area (Å²) in [7, 11) is 0.